The molecule has 1 aromatic carbocycles. The topological polar surface area (TPSA) is 79.8 Å². The van der Waals surface area contributed by atoms with Crippen LogP contribution in [0.1, 0.15) is 0 Å². The Bertz CT molecular complexity index is 824. The van der Waals surface area contributed by atoms with Crippen LogP contribution in [0, 0.1) is 0 Å². The van der Waals surface area contributed by atoms with Gasteiger partial charge in [0.25, 0.3) is 0 Å². The van der Waals surface area contributed by atoms with Gasteiger partial charge in [0, 0.05) is 49.3 Å². The lowest BCUT2D eigenvalue weighted by Crippen LogP contribution is -2.50. The Morgan fingerprint density at radius 2 is 1.91 bits per heavy atom. The Balaban J connectivity index is 1.89. The predicted molar refractivity (Wildman–Crippen MR) is 84.5 cm³/mol. The standard InChI is InChI=1S/C15H17N3O4S/c1-22-15(19)17-7-9-18(10-8-17)23(20,21)14-4-2-3-12-11-16-6-5-13(12)14/h2-6,11H,7-10H2,1H3. The van der Waals surface area contributed by atoms with Crippen molar-refractivity contribution in [1.29, 1.82) is 0 Å². The van der Waals surface area contributed by atoms with Crippen LogP contribution >= 0.6 is 0 Å². The second kappa shape index (κ2) is 6.13. The number of amides is 1. The first-order chi connectivity index (χ1) is 11.0. The maximum Gasteiger partial charge on any atom is 0.409 e. The molecule has 23 heavy (non-hydrogen) atoms. The Morgan fingerprint density at radius 1 is 1.17 bits per heavy atom. The van der Waals surface area contributed by atoms with E-state index in [1.807, 2.05) is 6.07 Å². The van der Waals surface area contributed by atoms with Gasteiger partial charge in [-0.05, 0) is 12.1 Å². The Hall–Kier alpha value is -2.19. The third-order valence-electron chi connectivity index (χ3n) is 3.93. The van der Waals surface area contributed by atoms with Crippen LogP contribution in [-0.4, -0.2) is 62.0 Å². The number of benzene rings is 1. The van der Waals surface area contributed by atoms with E-state index in [1.54, 1.807) is 30.6 Å². The van der Waals surface area contributed by atoms with Crippen LogP contribution in [0.4, 0.5) is 4.79 Å². The maximum absolute atomic E-state index is 12.9. The fraction of sp³-hybridized carbons (Fsp3) is 0.333. The number of pyridine rings is 1. The summed E-state index contributed by atoms with van der Waals surface area (Å²) in [5.41, 5.74) is 0. The van der Waals surface area contributed by atoms with E-state index < -0.39 is 16.1 Å². The normalized spacial score (nSPS) is 16.5. The molecule has 1 aromatic heterocycles. The van der Waals surface area contributed by atoms with E-state index in [2.05, 4.69) is 9.72 Å². The Kier molecular flexibility index (Phi) is 4.18. The highest BCUT2D eigenvalue weighted by atomic mass is 32.2. The molecule has 0 spiro atoms. The number of piperazine rings is 1. The number of carbonyl (C=O) groups is 1. The quantitative estimate of drug-likeness (QED) is 0.827. The predicted octanol–water partition coefficient (Wildman–Crippen LogP) is 1.31. The first-order valence-electron chi connectivity index (χ1n) is 7.20. The van der Waals surface area contributed by atoms with E-state index in [9.17, 15) is 13.2 Å². The summed E-state index contributed by atoms with van der Waals surface area (Å²) in [6.45, 7) is 1.13. The van der Waals surface area contributed by atoms with E-state index in [-0.39, 0.29) is 18.0 Å². The van der Waals surface area contributed by atoms with Crippen molar-refractivity contribution in [2.45, 2.75) is 4.90 Å². The van der Waals surface area contributed by atoms with E-state index in [4.69, 9.17) is 0 Å². The number of nitrogens with zero attached hydrogens (tertiary/aromatic N) is 3. The smallest absolute Gasteiger partial charge is 0.409 e. The second-order valence-electron chi connectivity index (χ2n) is 5.21. The summed E-state index contributed by atoms with van der Waals surface area (Å²) in [5, 5.41) is 1.43. The molecule has 7 nitrogen and oxygen atoms in total. The number of hydrogen-bond donors (Lipinski definition) is 0. The van der Waals surface area contributed by atoms with E-state index >= 15 is 0 Å². The van der Waals surface area contributed by atoms with Gasteiger partial charge in [0.1, 0.15) is 0 Å². The third kappa shape index (κ3) is 2.87. The molecule has 3 rings (SSSR count). The summed E-state index contributed by atoms with van der Waals surface area (Å²) in [4.78, 5) is 17.3. The lowest BCUT2D eigenvalue weighted by molar-refractivity contribution is 0.108. The fourth-order valence-electron chi connectivity index (χ4n) is 2.70. The van der Waals surface area contributed by atoms with Gasteiger partial charge in [-0.15, -0.1) is 0 Å². The molecule has 2 aromatic rings. The summed E-state index contributed by atoms with van der Waals surface area (Å²) in [7, 11) is -2.30. The molecule has 0 N–H and O–H groups in total. The van der Waals surface area contributed by atoms with Crippen LogP contribution in [0.15, 0.2) is 41.6 Å². The Labute approximate surface area is 134 Å². The second-order valence-corrected chi connectivity index (χ2v) is 7.12. The van der Waals surface area contributed by atoms with Gasteiger partial charge in [0.2, 0.25) is 10.0 Å². The minimum Gasteiger partial charge on any atom is -0.453 e. The molecule has 0 saturated carbocycles. The van der Waals surface area contributed by atoms with Crippen molar-refractivity contribution in [2.24, 2.45) is 0 Å². The van der Waals surface area contributed by atoms with Crippen molar-refractivity contribution in [2.75, 3.05) is 33.3 Å². The molecule has 2 heterocycles. The van der Waals surface area contributed by atoms with Crippen LogP contribution in [-0.2, 0) is 14.8 Å². The average molecular weight is 335 g/mol. The number of methoxy groups -OCH3 is 1. The number of hydrogen-bond acceptors (Lipinski definition) is 5. The third-order valence-corrected chi connectivity index (χ3v) is 5.89. The van der Waals surface area contributed by atoms with Crippen molar-refractivity contribution in [3.63, 3.8) is 0 Å². The molecule has 1 fully saturated rings. The lowest BCUT2D eigenvalue weighted by Gasteiger charge is -2.33. The molecular weight excluding hydrogens is 318 g/mol. The number of sulfonamides is 1. The van der Waals surface area contributed by atoms with Crippen LogP contribution in [0.3, 0.4) is 0 Å². The zero-order valence-electron chi connectivity index (χ0n) is 12.7. The zero-order valence-corrected chi connectivity index (χ0v) is 13.5. The van der Waals surface area contributed by atoms with Crippen molar-refractivity contribution in [1.82, 2.24) is 14.2 Å². The van der Waals surface area contributed by atoms with Crippen LogP contribution in [0.2, 0.25) is 0 Å². The molecule has 1 amide bonds. The minimum atomic E-state index is -3.62. The molecule has 8 heteroatoms. The molecule has 0 unspecified atom stereocenters. The summed E-state index contributed by atoms with van der Waals surface area (Å²) < 4.78 is 31.9. The van der Waals surface area contributed by atoms with Crippen LogP contribution in [0.25, 0.3) is 10.8 Å². The lowest BCUT2D eigenvalue weighted by atomic mass is 10.2. The number of rotatable bonds is 2. The molecule has 0 atom stereocenters. The van der Waals surface area contributed by atoms with Gasteiger partial charge in [-0.25, -0.2) is 13.2 Å². The van der Waals surface area contributed by atoms with Gasteiger partial charge in [-0.2, -0.15) is 4.31 Å². The van der Waals surface area contributed by atoms with E-state index in [1.165, 1.54) is 16.3 Å². The van der Waals surface area contributed by atoms with Gasteiger partial charge in [0.15, 0.2) is 0 Å². The summed E-state index contributed by atoms with van der Waals surface area (Å²) in [6.07, 6.45) is 2.79. The SMILES string of the molecule is COC(=O)N1CCN(S(=O)(=O)c2cccc3cnccc23)CC1. The molecule has 1 aliphatic rings. The van der Waals surface area contributed by atoms with Crippen LogP contribution < -0.4 is 0 Å². The molecule has 0 bridgehead atoms. The van der Waals surface area contributed by atoms with Crippen LogP contribution in [0.5, 0.6) is 0 Å². The van der Waals surface area contributed by atoms with Crippen molar-refractivity contribution in [3.05, 3.63) is 36.7 Å². The van der Waals surface area contributed by atoms with Gasteiger partial charge >= 0.3 is 6.09 Å². The van der Waals surface area contributed by atoms with Gasteiger partial charge in [-0.1, -0.05) is 12.1 Å². The molecule has 1 aliphatic heterocycles. The highest BCUT2D eigenvalue weighted by Crippen LogP contribution is 2.25. The highest BCUT2D eigenvalue weighted by molar-refractivity contribution is 7.89. The molecule has 0 aliphatic carbocycles. The first kappa shape index (κ1) is 15.7. The molecule has 122 valence electrons. The van der Waals surface area contributed by atoms with Crippen molar-refractivity contribution >= 4 is 26.9 Å². The molecular formula is C15H17N3O4S. The number of fused-ring (bicyclic) bond motifs is 1. The summed E-state index contributed by atoms with van der Waals surface area (Å²) >= 11 is 0. The van der Waals surface area contributed by atoms with Gasteiger partial charge < -0.3 is 9.64 Å². The Morgan fingerprint density at radius 3 is 2.61 bits per heavy atom. The highest BCUT2D eigenvalue weighted by Gasteiger charge is 2.31. The molecule has 0 radical (unpaired) electrons. The number of carbonyl (C=O) groups excluding carboxylic acids is 1. The first-order valence-corrected chi connectivity index (χ1v) is 8.64. The van der Waals surface area contributed by atoms with Crippen molar-refractivity contribution in [3.8, 4) is 0 Å². The summed E-state index contributed by atoms with van der Waals surface area (Å²) in [6, 6.07) is 6.84. The van der Waals surface area contributed by atoms with E-state index in [0.717, 1.165) is 5.39 Å². The van der Waals surface area contributed by atoms with Crippen molar-refractivity contribution < 1.29 is 17.9 Å². The number of aromatic nitrogens is 1. The maximum atomic E-state index is 12.9. The number of ether oxygens (including phenoxy) is 1. The van der Waals surface area contributed by atoms with Gasteiger partial charge in [0.05, 0.1) is 12.0 Å². The fourth-order valence-corrected chi connectivity index (χ4v) is 4.33. The summed E-state index contributed by atoms with van der Waals surface area (Å²) in [5.74, 6) is 0. The average Bonchev–Trinajstić information content (AvgIpc) is 2.60. The van der Waals surface area contributed by atoms with Gasteiger partial charge in [-0.3, -0.25) is 4.98 Å². The minimum absolute atomic E-state index is 0.249. The molecule has 1 saturated heterocycles. The zero-order chi connectivity index (χ0) is 16.4. The largest absolute Gasteiger partial charge is 0.453 e. The van der Waals surface area contributed by atoms with E-state index in [0.29, 0.717) is 18.5 Å². The monoisotopic (exact) mass is 335 g/mol.